The summed E-state index contributed by atoms with van der Waals surface area (Å²) in [6, 6.07) is 16.9. The first kappa shape index (κ1) is 13.8. The number of hydrogen-bond donors (Lipinski definition) is 1. The summed E-state index contributed by atoms with van der Waals surface area (Å²) in [5.74, 6) is 0.287. The highest BCUT2D eigenvalue weighted by Crippen LogP contribution is 2.17. The Balaban J connectivity index is 2.18. The number of aryl methyl sites for hydroxylation is 1. The second-order valence-electron chi connectivity index (χ2n) is 4.96. The van der Waals surface area contributed by atoms with E-state index in [1.165, 1.54) is 0 Å². The molecule has 4 nitrogen and oxygen atoms in total. The molecule has 2 aromatic carbocycles. The molecule has 106 valence electrons. The fourth-order valence-electron chi connectivity index (χ4n) is 2.27. The summed E-state index contributed by atoms with van der Waals surface area (Å²) in [6.07, 6.45) is 1.74. The molecule has 22 heavy (non-hydrogen) atoms. The minimum atomic E-state index is -0.244. The lowest BCUT2D eigenvalue weighted by molar-refractivity contribution is 1.13. The Bertz CT molecular complexity index is 977. The number of H-pyrrole nitrogens is 1. The van der Waals surface area contributed by atoms with E-state index in [2.05, 4.69) is 16.0 Å². The predicted molar refractivity (Wildman–Crippen MR) is 87.0 cm³/mol. The zero-order valence-electron chi connectivity index (χ0n) is 12.0. The Hall–Kier alpha value is -3.19. The number of fused-ring (bicyclic) bond motifs is 1. The molecule has 1 aromatic heterocycles. The van der Waals surface area contributed by atoms with E-state index < -0.39 is 0 Å². The maximum atomic E-state index is 12.1. The van der Waals surface area contributed by atoms with Crippen LogP contribution in [0.3, 0.4) is 0 Å². The molecule has 0 atom stereocenters. The van der Waals surface area contributed by atoms with Crippen molar-refractivity contribution in [2.24, 2.45) is 0 Å². The minimum Gasteiger partial charge on any atom is -0.305 e. The third-order valence-corrected chi connectivity index (χ3v) is 3.48. The molecule has 0 unspecified atom stereocenters. The molecule has 0 spiro atoms. The topological polar surface area (TPSA) is 69.5 Å². The summed E-state index contributed by atoms with van der Waals surface area (Å²) in [4.78, 5) is 19.2. The number of rotatable bonds is 2. The number of para-hydroxylation sites is 1. The van der Waals surface area contributed by atoms with Crippen molar-refractivity contribution in [3.05, 3.63) is 75.8 Å². The van der Waals surface area contributed by atoms with E-state index in [9.17, 15) is 10.1 Å². The lowest BCUT2D eigenvalue weighted by Crippen LogP contribution is -2.11. The molecule has 3 aromatic rings. The number of nitrogens with one attached hydrogen (secondary N) is 1. The van der Waals surface area contributed by atoms with Crippen LogP contribution in [0.4, 0.5) is 0 Å². The SMILES string of the molecule is Cc1ccccc1C=C(C#N)c1nc2ccccc2c(=O)[nH]1. The van der Waals surface area contributed by atoms with Gasteiger partial charge in [-0.05, 0) is 36.3 Å². The van der Waals surface area contributed by atoms with Gasteiger partial charge in [0, 0.05) is 0 Å². The Morgan fingerprint density at radius 1 is 1.18 bits per heavy atom. The number of aromatic amines is 1. The number of nitriles is 1. The van der Waals surface area contributed by atoms with Gasteiger partial charge in [0.05, 0.1) is 16.5 Å². The van der Waals surface area contributed by atoms with E-state index in [4.69, 9.17) is 0 Å². The van der Waals surface area contributed by atoms with Crippen molar-refractivity contribution in [2.75, 3.05) is 0 Å². The van der Waals surface area contributed by atoms with Crippen molar-refractivity contribution >= 4 is 22.6 Å². The predicted octanol–water partition coefficient (Wildman–Crippen LogP) is 3.30. The first-order chi connectivity index (χ1) is 10.7. The van der Waals surface area contributed by atoms with Crippen LogP contribution in [0.15, 0.2) is 53.3 Å². The van der Waals surface area contributed by atoms with Crippen molar-refractivity contribution in [3.8, 4) is 6.07 Å². The normalized spacial score (nSPS) is 11.4. The Kier molecular flexibility index (Phi) is 3.55. The van der Waals surface area contributed by atoms with Crippen LogP contribution >= 0.6 is 0 Å². The van der Waals surface area contributed by atoms with Gasteiger partial charge in [0.1, 0.15) is 6.07 Å². The zero-order chi connectivity index (χ0) is 15.5. The summed E-state index contributed by atoms with van der Waals surface area (Å²) in [5.41, 5.74) is 2.64. The number of hydrogen-bond acceptors (Lipinski definition) is 3. The van der Waals surface area contributed by atoms with Gasteiger partial charge in [0.2, 0.25) is 0 Å². The molecule has 3 rings (SSSR count). The number of benzene rings is 2. The molecule has 1 heterocycles. The van der Waals surface area contributed by atoms with Crippen molar-refractivity contribution < 1.29 is 0 Å². The summed E-state index contributed by atoms with van der Waals surface area (Å²) >= 11 is 0. The lowest BCUT2D eigenvalue weighted by Gasteiger charge is -2.03. The highest BCUT2D eigenvalue weighted by Gasteiger charge is 2.08. The average Bonchev–Trinajstić information content (AvgIpc) is 2.54. The highest BCUT2D eigenvalue weighted by atomic mass is 16.1. The third-order valence-electron chi connectivity index (χ3n) is 3.48. The van der Waals surface area contributed by atoms with Crippen LogP contribution in [0, 0.1) is 18.3 Å². The molecule has 0 radical (unpaired) electrons. The van der Waals surface area contributed by atoms with Crippen LogP contribution in [0.1, 0.15) is 17.0 Å². The van der Waals surface area contributed by atoms with Gasteiger partial charge in [-0.25, -0.2) is 4.98 Å². The maximum Gasteiger partial charge on any atom is 0.259 e. The molecule has 4 heteroatoms. The van der Waals surface area contributed by atoms with Gasteiger partial charge in [0.15, 0.2) is 5.82 Å². The average molecular weight is 287 g/mol. The van der Waals surface area contributed by atoms with E-state index in [1.807, 2.05) is 37.3 Å². The van der Waals surface area contributed by atoms with Gasteiger partial charge in [-0.15, -0.1) is 0 Å². The summed E-state index contributed by atoms with van der Waals surface area (Å²) in [5, 5.41) is 9.93. The van der Waals surface area contributed by atoms with Gasteiger partial charge < -0.3 is 4.98 Å². The molecule has 0 fully saturated rings. The van der Waals surface area contributed by atoms with Crippen molar-refractivity contribution in [2.45, 2.75) is 6.92 Å². The fourth-order valence-corrected chi connectivity index (χ4v) is 2.27. The quantitative estimate of drug-likeness (QED) is 0.735. The third kappa shape index (κ3) is 2.52. The second kappa shape index (κ2) is 5.66. The second-order valence-corrected chi connectivity index (χ2v) is 4.96. The molecule has 0 bridgehead atoms. The molecule has 0 aliphatic carbocycles. The van der Waals surface area contributed by atoms with Gasteiger partial charge in [0.25, 0.3) is 5.56 Å². The summed E-state index contributed by atoms with van der Waals surface area (Å²) in [7, 11) is 0. The van der Waals surface area contributed by atoms with E-state index in [0.717, 1.165) is 11.1 Å². The van der Waals surface area contributed by atoms with Crippen LogP contribution in [0.5, 0.6) is 0 Å². The van der Waals surface area contributed by atoms with Crippen molar-refractivity contribution in [1.29, 1.82) is 5.26 Å². The van der Waals surface area contributed by atoms with E-state index in [1.54, 1.807) is 24.3 Å². The number of allylic oxidation sites excluding steroid dienone is 1. The van der Waals surface area contributed by atoms with E-state index in [-0.39, 0.29) is 11.4 Å². The first-order valence-electron chi connectivity index (χ1n) is 6.86. The number of aromatic nitrogens is 2. The van der Waals surface area contributed by atoms with Gasteiger partial charge in [-0.2, -0.15) is 5.26 Å². The van der Waals surface area contributed by atoms with Gasteiger partial charge >= 0.3 is 0 Å². The Labute approximate surface area is 127 Å². The summed E-state index contributed by atoms with van der Waals surface area (Å²) < 4.78 is 0. The van der Waals surface area contributed by atoms with Crippen molar-refractivity contribution in [3.63, 3.8) is 0 Å². The van der Waals surface area contributed by atoms with Crippen LogP contribution in [-0.4, -0.2) is 9.97 Å². The standard InChI is InChI=1S/C18H13N3O/c1-12-6-2-3-7-13(12)10-14(11-19)17-20-16-9-5-4-8-15(16)18(22)21-17/h2-10H,1H3,(H,20,21,22). The maximum absolute atomic E-state index is 12.1. The lowest BCUT2D eigenvalue weighted by atomic mass is 10.1. The van der Waals surface area contributed by atoms with Crippen molar-refractivity contribution in [1.82, 2.24) is 9.97 Å². The zero-order valence-corrected chi connectivity index (χ0v) is 12.0. The molecule has 0 saturated carbocycles. The molecule has 0 aliphatic rings. The van der Waals surface area contributed by atoms with E-state index >= 15 is 0 Å². The first-order valence-corrected chi connectivity index (χ1v) is 6.86. The Morgan fingerprint density at radius 3 is 2.68 bits per heavy atom. The highest BCUT2D eigenvalue weighted by molar-refractivity contribution is 5.89. The van der Waals surface area contributed by atoms with Crippen LogP contribution in [0.25, 0.3) is 22.6 Å². The monoisotopic (exact) mass is 287 g/mol. The molecule has 0 amide bonds. The molecule has 1 N–H and O–H groups in total. The van der Waals surface area contributed by atoms with Crippen LogP contribution in [-0.2, 0) is 0 Å². The fraction of sp³-hybridized carbons (Fsp3) is 0.0556. The van der Waals surface area contributed by atoms with Gasteiger partial charge in [-0.3, -0.25) is 4.79 Å². The minimum absolute atomic E-state index is 0.244. The van der Waals surface area contributed by atoms with Crippen LogP contribution in [0.2, 0.25) is 0 Å². The largest absolute Gasteiger partial charge is 0.305 e. The molecular weight excluding hydrogens is 274 g/mol. The molecule has 0 aliphatic heterocycles. The van der Waals surface area contributed by atoms with Gasteiger partial charge in [-0.1, -0.05) is 36.4 Å². The Morgan fingerprint density at radius 2 is 1.91 bits per heavy atom. The smallest absolute Gasteiger partial charge is 0.259 e. The molecule has 0 saturated heterocycles. The molecular formula is C18H13N3O. The summed E-state index contributed by atoms with van der Waals surface area (Å²) in [6.45, 7) is 1.97. The van der Waals surface area contributed by atoms with E-state index in [0.29, 0.717) is 16.5 Å². The van der Waals surface area contributed by atoms with Crippen LogP contribution < -0.4 is 5.56 Å². The number of nitrogens with zero attached hydrogens (tertiary/aromatic N) is 2.